The van der Waals surface area contributed by atoms with Crippen LogP contribution in [0, 0.1) is 20.8 Å². The molecule has 1 radical (unpaired) electrons. The highest BCUT2D eigenvalue weighted by Gasteiger charge is 2.26. The fourth-order valence-electron chi connectivity index (χ4n) is 2.13. The van der Waals surface area contributed by atoms with Crippen LogP contribution in [0.4, 0.5) is 0 Å². The highest BCUT2D eigenvalue weighted by molar-refractivity contribution is 6.83. The summed E-state index contributed by atoms with van der Waals surface area (Å²) in [5.74, 6) is 0. The molecule has 0 spiro atoms. The molecule has 0 amide bonds. The van der Waals surface area contributed by atoms with Gasteiger partial charge in [-0.05, 0) is 50.2 Å². The maximum absolute atomic E-state index is 12.0. The minimum absolute atomic E-state index is 1.08. The molecule has 0 atom stereocenters. The van der Waals surface area contributed by atoms with Crippen LogP contribution in [0.2, 0.25) is 13.1 Å². The molecule has 0 aliphatic carbocycles. The van der Waals surface area contributed by atoms with Crippen molar-refractivity contribution in [2.24, 2.45) is 0 Å². The summed E-state index contributed by atoms with van der Waals surface area (Å²) >= 11 is 0. The molecule has 2 heteroatoms. The van der Waals surface area contributed by atoms with Gasteiger partial charge in [0.1, 0.15) is 0 Å². The van der Waals surface area contributed by atoms with E-state index in [0.717, 1.165) is 5.19 Å². The Morgan fingerprint density at radius 2 is 1.38 bits per heavy atom. The first-order valence-electron chi connectivity index (χ1n) is 4.61. The zero-order valence-corrected chi connectivity index (χ0v) is 10.1. The fourth-order valence-corrected chi connectivity index (χ4v) is 4.17. The average molecular weight is 193 g/mol. The molecule has 13 heavy (non-hydrogen) atoms. The molecule has 0 aliphatic heterocycles. The predicted molar refractivity (Wildman–Crippen MR) is 58.5 cm³/mol. The fraction of sp³-hybridized carbons (Fsp3) is 0.455. The van der Waals surface area contributed by atoms with Gasteiger partial charge in [-0.2, -0.15) is 0 Å². The predicted octanol–water partition coefficient (Wildman–Crippen LogP) is 2.45. The lowest BCUT2D eigenvalue weighted by Gasteiger charge is -2.18. The molecule has 0 aromatic heterocycles. The molecular formula is C11H17OSi. The third kappa shape index (κ3) is 2.20. The van der Waals surface area contributed by atoms with Crippen LogP contribution in [0.15, 0.2) is 12.1 Å². The SMILES string of the molecule is Cc1cc(C)c([Si](C)(C)[O])c(C)c1. The molecule has 0 unspecified atom stereocenters. The third-order valence-electron chi connectivity index (χ3n) is 2.28. The number of hydrogen-bond donors (Lipinski definition) is 0. The van der Waals surface area contributed by atoms with E-state index in [2.05, 4.69) is 19.1 Å². The van der Waals surface area contributed by atoms with Crippen molar-refractivity contribution in [3.05, 3.63) is 28.8 Å². The van der Waals surface area contributed by atoms with Gasteiger partial charge in [0.05, 0.1) is 0 Å². The molecule has 1 nitrogen and oxygen atoms in total. The summed E-state index contributed by atoms with van der Waals surface area (Å²) in [7, 11) is -2.40. The second-order valence-electron chi connectivity index (χ2n) is 4.28. The van der Waals surface area contributed by atoms with Crippen molar-refractivity contribution in [1.82, 2.24) is 0 Å². The molecule has 0 saturated carbocycles. The Hall–Kier alpha value is -0.603. The molecule has 0 fully saturated rings. The van der Waals surface area contributed by atoms with Crippen LogP contribution in [0.5, 0.6) is 0 Å². The lowest BCUT2D eigenvalue weighted by atomic mass is 10.1. The Kier molecular flexibility index (Phi) is 2.64. The largest absolute Gasteiger partial charge is 0.292 e. The van der Waals surface area contributed by atoms with Gasteiger partial charge in [-0.25, -0.2) is 0 Å². The van der Waals surface area contributed by atoms with E-state index in [9.17, 15) is 4.80 Å². The molecular weight excluding hydrogens is 176 g/mol. The van der Waals surface area contributed by atoms with Crippen LogP contribution in [0.3, 0.4) is 0 Å². The van der Waals surface area contributed by atoms with Gasteiger partial charge >= 0.3 is 0 Å². The quantitative estimate of drug-likeness (QED) is 0.611. The Bertz CT molecular complexity index is 300. The maximum atomic E-state index is 12.0. The highest BCUT2D eigenvalue weighted by atomic mass is 28.4. The van der Waals surface area contributed by atoms with E-state index in [4.69, 9.17) is 0 Å². The maximum Gasteiger partial charge on any atom is 0.262 e. The van der Waals surface area contributed by atoms with Gasteiger partial charge in [-0.3, -0.25) is 4.80 Å². The van der Waals surface area contributed by atoms with Crippen LogP contribution in [-0.2, 0) is 4.80 Å². The van der Waals surface area contributed by atoms with Crippen molar-refractivity contribution < 1.29 is 4.80 Å². The topological polar surface area (TPSA) is 19.9 Å². The summed E-state index contributed by atoms with van der Waals surface area (Å²) in [5, 5.41) is 1.08. The minimum atomic E-state index is -2.40. The van der Waals surface area contributed by atoms with Crippen LogP contribution < -0.4 is 5.19 Å². The van der Waals surface area contributed by atoms with Crippen molar-refractivity contribution in [1.29, 1.82) is 0 Å². The summed E-state index contributed by atoms with van der Waals surface area (Å²) in [4.78, 5) is 12.0. The second kappa shape index (κ2) is 3.27. The Morgan fingerprint density at radius 1 is 1.00 bits per heavy atom. The molecule has 1 aromatic carbocycles. The van der Waals surface area contributed by atoms with Gasteiger partial charge < -0.3 is 0 Å². The Balaban J connectivity index is 3.38. The number of aryl methyl sites for hydroxylation is 3. The first-order valence-corrected chi connectivity index (χ1v) is 7.52. The lowest BCUT2D eigenvalue weighted by Crippen LogP contribution is -2.43. The number of benzene rings is 1. The molecule has 1 rings (SSSR count). The molecule has 71 valence electrons. The zero-order valence-electron chi connectivity index (χ0n) is 9.06. The smallest absolute Gasteiger partial charge is 0.262 e. The summed E-state index contributed by atoms with van der Waals surface area (Å²) < 4.78 is 0. The Labute approximate surface area is 81.6 Å². The van der Waals surface area contributed by atoms with Gasteiger partial charge in [0.2, 0.25) is 0 Å². The van der Waals surface area contributed by atoms with Crippen LogP contribution in [0.1, 0.15) is 16.7 Å². The van der Waals surface area contributed by atoms with Crippen molar-refractivity contribution in [2.45, 2.75) is 33.9 Å². The molecule has 0 heterocycles. The average Bonchev–Trinajstić information content (AvgIpc) is 1.78. The molecule has 1 aromatic rings. The van der Waals surface area contributed by atoms with Crippen LogP contribution in [0.25, 0.3) is 0 Å². The van der Waals surface area contributed by atoms with E-state index in [1.165, 1.54) is 16.7 Å². The minimum Gasteiger partial charge on any atom is -0.292 e. The summed E-state index contributed by atoms with van der Waals surface area (Å²) in [6.07, 6.45) is 0. The van der Waals surface area contributed by atoms with Crippen molar-refractivity contribution in [3.8, 4) is 0 Å². The Morgan fingerprint density at radius 3 is 1.69 bits per heavy atom. The van der Waals surface area contributed by atoms with Gasteiger partial charge in [0.25, 0.3) is 8.32 Å². The summed E-state index contributed by atoms with van der Waals surface area (Å²) in [5.41, 5.74) is 3.59. The first kappa shape index (κ1) is 10.5. The van der Waals surface area contributed by atoms with E-state index >= 15 is 0 Å². The van der Waals surface area contributed by atoms with E-state index in [0.29, 0.717) is 0 Å². The van der Waals surface area contributed by atoms with E-state index in [-0.39, 0.29) is 0 Å². The normalized spacial score (nSPS) is 11.8. The third-order valence-corrected chi connectivity index (χ3v) is 4.27. The zero-order chi connectivity index (χ0) is 10.2. The molecule has 0 bridgehead atoms. The summed E-state index contributed by atoms with van der Waals surface area (Å²) in [6, 6.07) is 4.21. The first-order chi connectivity index (χ1) is 5.82. The summed E-state index contributed by atoms with van der Waals surface area (Å²) in [6.45, 7) is 9.88. The van der Waals surface area contributed by atoms with Gasteiger partial charge in [0.15, 0.2) is 0 Å². The van der Waals surface area contributed by atoms with Gasteiger partial charge in [-0.1, -0.05) is 17.7 Å². The van der Waals surface area contributed by atoms with Gasteiger partial charge in [0, 0.05) is 0 Å². The van der Waals surface area contributed by atoms with E-state index in [1.807, 2.05) is 26.9 Å². The van der Waals surface area contributed by atoms with E-state index < -0.39 is 8.32 Å². The standard InChI is InChI=1S/C11H17OSi/c1-8-6-9(2)11(10(3)7-8)13(4,5)12/h6-7H,1-5H3. The number of rotatable bonds is 1. The number of hydrogen-bond acceptors (Lipinski definition) is 0. The molecule has 0 saturated heterocycles. The molecule has 0 N–H and O–H groups in total. The van der Waals surface area contributed by atoms with E-state index in [1.54, 1.807) is 0 Å². The van der Waals surface area contributed by atoms with Gasteiger partial charge in [-0.15, -0.1) is 0 Å². The van der Waals surface area contributed by atoms with Crippen molar-refractivity contribution >= 4 is 13.5 Å². The highest BCUT2D eigenvalue weighted by Crippen LogP contribution is 2.11. The van der Waals surface area contributed by atoms with Crippen LogP contribution in [-0.4, -0.2) is 8.32 Å². The molecule has 0 aliphatic rings. The van der Waals surface area contributed by atoms with Crippen LogP contribution >= 0.6 is 0 Å². The monoisotopic (exact) mass is 193 g/mol. The van der Waals surface area contributed by atoms with Crippen molar-refractivity contribution in [2.75, 3.05) is 0 Å². The lowest BCUT2D eigenvalue weighted by molar-refractivity contribution is 0.443. The van der Waals surface area contributed by atoms with Crippen molar-refractivity contribution in [3.63, 3.8) is 0 Å². The second-order valence-corrected chi connectivity index (χ2v) is 7.80.